The Kier molecular flexibility index (Phi) is 4.54. The van der Waals surface area contributed by atoms with Crippen LogP contribution in [0.25, 0.3) is 22.2 Å². The molecule has 2 aromatic carbocycles. The quantitative estimate of drug-likeness (QED) is 0.479. The number of aromatic nitrogens is 1. The molecule has 0 saturated carbocycles. The first-order valence-electron chi connectivity index (χ1n) is 8.51. The SMILES string of the molecule is CCN(CC)C(=O)C1Sc2ccccc2-c2c1c1ccccc1n2I. The van der Waals surface area contributed by atoms with E-state index >= 15 is 0 Å². The van der Waals surface area contributed by atoms with Gasteiger partial charge in [-0.3, -0.25) is 7.58 Å². The number of amides is 1. The summed E-state index contributed by atoms with van der Waals surface area (Å²) in [5, 5.41) is 0.991. The predicted molar refractivity (Wildman–Crippen MR) is 113 cm³/mol. The number of rotatable bonds is 3. The number of carbonyl (C=O) groups is 1. The molecule has 1 aromatic heterocycles. The minimum atomic E-state index is -0.189. The minimum absolute atomic E-state index is 0.189. The van der Waals surface area contributed by atoms with Crippen LogP contribution in [0, 0.1) is 0 Å². The van der Waals surface area contributed by atoms with Gasteiger partial charge in [0.05, 0.1) is 34.1 Å². The van der Waals surface area contributed by atoms with Crippen molar-refractivity contribution in [3.8, 4) is 11.3 Å². The van der Waals surface area contributed by atoms with Crippen molar-refractivity contribution in [2.45, 2.75) is 24.0 Å². The van der Waals surface area contributed by atoms with Crippen LogP contribution in [-0.2, 0) is 4.79 Å². The molecule has 25 heavy (non-hydrogen) atoms. The second-order valence-corrected chi connectivity index (χ2v) is 8.18. The second kappa shape index (κ2) is 6.68. The number of para-hydroxylation sites is 1. The number of nitrogens with zero attached hydrogens (tertiary/aromatic N) is 2. The number of thioether (sulfide) groups is 1. The van der Waals surface area contributed by atoms with Gasteiger partial charge in [-0.1, -0.05) is 36.4 Å². The van der Waals surface area contributed by atoms with Crippen molar-refractivity contribution in [1.29, 1.82) is 0 Å². The average Bonchev–Trinajstić information content (AvgIpc) is 2.96. The fraction of sp³-hybridized carbons (Fsp3) is 0.250. The van der Waals surface area contributed by atoms with E-state index in [0.717, 1.165) is 18.7 Å². The smallest absolute Gasteiger partial charge is 0.240 e. The number of likely N-dealkylation sites (N-methyl/N-ethyl adjacent to an activating group) is 1. The second-order valence-electron chi connectivity index (χ2n) is 6.06. The van der Waals surface area contributed by atoms with E-state index < -0.39 is 0 Å². The lowest BCUT2D eigenvalue weighted by Gasteiger charge is -2.29. The standard InChI is InChI=1S/C20H19IN2OS/c1-3-22(4-2)20(24)19-17-13-9-5-7-11-15(13)23(21)18(17)14-10-6-8-12-16(14)25-19/h5-12,19H,3-4H2,1-2H3. The molecule has 2 heterocycles. The lowest BCUT2D eigenvalue weighted by atomic mass is 10.0. The molecule has 128 valence electrons. The number of fused-ring (bicyclic) bond motifs is 5. The Morgan fingerprint density at radius 3 is 2.56 bits per heavy atom. The summed E-state index contributed by atoms with van der Waals surface area (Å²) in [5.74, 6) is 0.207. The van der Waals surface area contributed by atoms with E-state index in [4.69, 9.17) is 0 Å². The zero-order valence-corrected chi connectivity index (χ0v) is 17.2. The average molecular weight is 462 g/mol. The largest absolute Gasteiger partial charge is 0.342 e. The van der Waals surface area contributed by atoms with Crippen LogP contribution in [0.4, 0.5) is 0 Å². The van der Waals surface area contributed by atoms with Gasteiger partial charge in [0.15, 0.2) is 0 Å². The maximum absolute atomic E-state index is 13.3. The number of halogens is 1. The van der Waals surface area contributed by atoms with Gasteiger partial charge < -0.3 is 4.90 Å². The summed E-state index contributed by atoms with van der Waals surface area (Å²) < 4.78 is 2.21. The first kappa shape index (κ1) is 17.0. The molecule has 0 fully saturated rings. The summed E-state index contributed by atoms with van der Waals surface area (Å²) in [6.07, 6.45) is 0. The molecule has 1 atom stereocenters. The van der Waals surface area contributed by atoms with Crippen molar-refractivity contribution in [2.75, 3.05) is 13.1 Å². The van der Waals surface area contributed by atoms with Crippen molar-refractivity contribution >= 4 is 51.4 Å². The van der Waals surface area contributed by atoms with E-state index in [-0.39, 0.29) is 11.2 Å². The topological polar surface area (TPSA) is 25.2 Å². The van der Waals surface area contributed by atoms with Crippen LogP contribution >= 0.6 is 34.6 Å². The van der Waals surface area contributed by atoms with E-state index in [9.17, 15) is 4.79 Å². The molecule has 0 N–H and O–H groups in total. The summed E-state index contributed by atoms with van der Waals surface area (Å²) in [6, 6.07) is 16.8. The van der Waals surface area contributed by atoms with E-state index in [1.54, 1.807) is 11.8 Å². The van der Waals surface area contributed by atoms with Gasteiger partial charge in [-0.2, -0.15) is 0 Å². The molecule has 4 rings (SSSR count). The normalized spacial score (nSPS) is 15.7. The Hall–Kier alpha value is -1.47. The third-order valence-corrected chi connectivity index (χ3v) is 7.09. The molecular weight excluding hydrogens is 443 g/mol. The molecular formula is C20H19IN2OS. The van der Waals surface area contributed by atoms with Crippen LogP contribution in [0.15, 0.2) is 53.4 Å². The number of hydrogen-bond donors (Lipinski definition) is 0. The summed E-state index contributed by atoms with van der Waals surface area (Å²) in [7, 11) is 0. The van der Waals surface area contributed by atoms with Crippen molar-refractivity contribution in [3.05, 3.63) is 54.1 Å². The van der Waals surface area contributed by atoms with Crippen molar-refractivity contribution in [2.24, 2.45) is 0 Å². The molecule has 1 aliphatic heterocycles. The Balaban J connectivity index is 2.00. The van der Waals surface area contributed by atoms with Crippen molar-refractivity contribution < 1.29 is 4.79 Å². The molecule has 0 aliphatic carbocycles. The maximum atomic E-state index is 13.3. The molecule has 0 spiro atoms. The van der Waals surface area contributed by atoms with Crippen LogP contribution in [0.3, 0.4) is 0 Å². The van der Waals surface area contributed by atoms with E-state index in [0.29, 0.717) is 0 Å². The fourth-order valence-electron chi connectivity index (χ4n) is 3.57. The molecule has 0 bridgehead atoms. The van der Waals surface area contributed by atoms with Gasteiger partial charge in [-0.25, -0.2) is 0 Å². The van der Waals surface area contributed by atoms with Gasteiger partial charge in [0.1, 0.15) is 5.25 Å². The first-order valence-corrected chi connectivity index (χ1v) is 10.4. The molecule has 1 amide bonds. The van der Waals surface area contributed by atoms with Gasteiger partial charge in [-0.05, 0) is 26.0 Å². The Morgan fingerprint density at radius 2 is 1.80 bits per heavy atom. The van der Waals surface area contributed by atoms with E-state index in [2.05, 4.69) is 74.2 Å². The number of hydrogen-bond acceptors (Lipinski definition) is 2. The zero-order chi connectivity index (χ0) is 17.6. The minimum Gasteiger partial charge on any atom is -0.342 e. The lowest BCUT2D eigenvalue weighted by molar-refractivity contribution is -0.130. The zero-order valence-electron chi connectivity index (χ0n) is 14.2. The third kappa shape index (κ3) is 2.59. The highest BCUT2D eigenvalue weighted by Gasteiger charge is 2.36. The molecule has 3 aromatic rings. The molecule has 1 aliphatic rings. The summed E-state index contributed by atoms with van der Waals surface area (Å²) in [5.41, 5.74) is 4.71. The van der Waals surface area contributed by atoms with E-state index in [1.807, 2.05) is 18.7 Å². The summed E-state index contributed by atoms with van der Waals surface area (Å²) in [6.45, 7) is 5.58. The highest BCUT2D eigenvalue weighted by molar-refractivity contribution is 14.1. The fourth-order valence-corrected chi connectivity index (χ4v) is 5.82. The summed E-state index contributed by atoms with van der Waals surface area (Å²) in [4.78, 5) is 16.4. The van der Waals surface area contributed by atoms with Gasteiger partial charge in [0.2, 0.25) is 5.91 Å². The third-order valence-electron chi connectivity index (χ3n) is 4.81. The monoisotopic (exact) mass is 462 g/mol. The molecule has 3 nitrogen and oxygen atoms in total. The maximum Gasteiger partial charge on any atom is 0.240 e. The van der Waals surface area contributed by atoms with Crippen LogP contribution in [0.2, 0.25) is 0 Å². The van der Waals surface area contributed by atoms with Gasteiger partial charge in [-0.15, -0.1) is 11.8 Å². The van der Waals surface area contributed by atoms with Crippen molar-refractivity contribution in [3.63, 3.8) is 0 Å². The van der Waals surface area contributed by atoms with Crippen LogP contribution in [-0.4, -0.2) is 26.7 Å². The van der Waals surface area contributed by atoms with Crippen LogP contribution < -0.4 is 0 Å². The lowest BCUT2D eigenvalue weighted by Crippen LogP contribution is -2.34. The van der Waals surface area contributed by atoms with Crippen molar-refractivity contribution in [1.82, 2.24) is 7.68 Å². The highest BCUT2D eigenvalue weighted by atomic mass is 127. The molecule has 5 heteroatoms. The first-order chi connectivity index (χ1) is 12.2. The number of carbonyl (C=O) groups excluding carboxylic acids is 1. The number of benzene rings is 2. The summed E-state index contributed by atoms with van der Waals surface area (Å²) >= 11 is 4.05. The highest BCUT2D eigenvalue weighted by Crippen LogP contribution is 2.53. The van der Waals surface area contributed by atoms with Gasteiger partial charge in [0.25, 0.3) is 0 Å². The molecule has 0 saturated heterocycles. The van der Waals surface area contributed by atoms with Gasteiger partial charge in [0, 0.05) is 34.5 Å². The molecule has 0 radical (unpaired) electrons. The predicted octanol–water partition coefficient (Wildman–Crippen LogP) is 5.52. The Labute approximate surface area is 165 Å². The van der Waals surface area contributed by atoms with Crippen LogP contribution in [0.1, 0.15) is 24.7 Å². The molecule has 1 unspecified atom stereocenters. The van der Waals surface area contributed by atoms with E-state index in [1.165, 1.54) is 27.1 Å². The Bertz CT molecular complexity index is 961. The van der Waals surface area contributed by atoms with Crippen LogP contribution in [0.5, 0.6) is 0 Å². The Morgan fingerprint density at radius 1 is 1.12 bits per heavy atom. The van der Waals surface area contributed by atoms with Gasteiger partial charge >= 0.3 is 0 Å².